The van der Waals surface area contributed by atoms with Gasteiger partial charge in [0, 0.05) is 31.9 Å². The molecule has 0 aliphatic carbocycles. The third kappa shape index (κ3) is 3.63. The summed E-state index contributed by atoms with van der Waals surface area (Å²) in [7, 11) is -0.498. The molecule has 0 saturated carbocycles. The van der Waals surface area contributed by atoms with Crippen LogP contribution in [0.4, 0.5) is 10.1 Å². The van der Waals surface area contributed by atoms with Crippen LogP contribution in [0.25, 0.3) is 11.4 Å². The lowest BCUT2D eigenvalue weighted by Gasteiger charge is -2.18. The summed E-state index contributed by atoms with van der Waals surface area (Å²) in [4.78, 5) is 6.63. The van der Waals surface area contributed by atoms with Crippen molar-refractivity contribution in [2.75, 3.05) is 25.5 Å². The number of aromatic nitrogens is 2. The quantitative estimate of drug-likeness (QED) is 0.636. The molecule has 0 bridgehead atoms. The van der Waals surface area contributed by atoms with E-state index in [-0.39, 0.29) is 10.7 Å². The van der Waals surface area contributed by atoms with Crippen molar-refractivity contribution in [3.8, 4) is 11.4 Å². The minimum Gasteiger partial charge on any atom is -0.362 e. The van der Waals surface area contributed by atoms with Crippen molar-refractivity contribution in [2.45, 2.75) is 24.8 Å². The average molecular weight is 416 g/mol. The standard InChI is InChI=1S/C20H21FN4O3S/c1-13-4-5-15(10-17(13)21)20-22-19(28-23-20)12-25-9-8-14-6-7-16(11-18(14)25)29(26,27)24(2)3/h4-7,10-11H,8-9,12H2,1-3H3. The number of anilines is 1. The summed E-state index contributed by atoms with van der Waals surface area (Å²) in [6.07, 6.45) is 0.807. The number of rotatable bonds is 5. The van der Waals surface area contributed by atoms with Gasteiger partial charge >= 0.3 is 0 Å². The molecule has 0 amide bonds. The second kappa shape index (κ2) is 7.23. The van der Waals surface area contributed by atoms with Gasteiger partial charge in [0.1, 0.15) is 5.82 Å². The van der Waals surface area contributed by atoms with Crippen molar-refractivity contribution in [1.82, 2.24) is 14.4 Å². The highest BCUT2D eigenvalue weighted by atomic mass is 32.2. The van der Waals surface area contributed by atoms with E-state index in [0.29, 0.717) is 29.4 Å². The van der Waals surface area contributed by atoms with E-state index in [9.17, 15) is 12.8 Å². The molecule has 0 radical (unpaired) electrons. The highest BCUT2D eigenvalue weighted by molar-refractivity contribution is 7.89. The fourth-order valence-electron chi connectivity index (χ4n) is 3.29. The van der Waals surface area contributed by atoms with Crippen LogP contribution in [-0.2, 0) is 23.0 Å². The van der Waals surface area contributed by atoms with E-state index in [0.717, 1.165) is 24.2 Å². The van der Waals surface area contributed by atoms with Crippen molar-refractivity contribution in [1.29, 1.82) is 0 Å². The maximum atomic E-state index is 13.8. The molecular formula is C20H21FN4O3S. The van der Waals surface area contributed by atoms with E-state index >= 15 is 0 Å². The fraction of sp³-hybridized carbons (Fsp3) is 0.300. The van der Waals surface area contributed by atoms with E-state index in [1.54, 1.807) is 31.2 Å². The Labute approximate surface area is 168 Å². The first-order valence-electron chi connectivity index (χ1n) is 9.15. The zero-order valence-corrected chi connectivity index (χ0v) is 17.2. The SMILES string of the molecule is Cc1ccc(-c2noc(CN3CCc4ccc(S(=O)(=O)N(C)C)cc43)n2)cc1F. The molecule has 0 unspecified atom stereocenters. The number of fused-ring (bicyclic) bond motifs is 1. The van der Waals surface area contributed by atoms with Crippen molar-refractivity contribution in [3.63, 3.8) is 0 Å². The van der Waals surface area contributed by atoms with Gasteiger partial charge < -0.3 is 9.42 Å². The van der Waals surface area contributed by atoms with Gasteiger partial charge in [-0.3, -0.25) is 0 Å². The average Bonchev–Trinajstić information content (AvgIpc) is 3.31. The highest BCUT2D eigenvalue weighted by Crippen LogP contribution is 2.32. The Kier molecular flexibility index (Phi) is 4.87. The number of hydrogen-bond acceptors (Lipinski definition) is 6. The summed E-state index contributed by atoms with van der Waals surface area (Å²) < 4.78 is 45.2. The summed E-state index contributed by atoms with van der Waals surface area (Å²) >= 11 is 0. The van der Waals surface area contributed by atoms with Crippen molar-refractivity contribution in [2.24, 2.45) is 0 Å². The normalized spacial score (nSPS) is 13.9. The Balaban J connectivity index is 1.58. The third-order valence-corrected chi connectivity index (χ3v) is 6.86. The number of hydrogen-bond donors (Lipinski definition) is 0. The second-order valence-electron chi connectivity index (χ2n) is 7.23. The Morgan fingerprint density at radius 2 is 2.00 bits per heavy atom. The molecule has 29 heavy (non-hydrogen) atoms. The summed E-state index contributed by atoms with van der Waals surface area (Å²) in [5.74, 6) is 0.383. The smallest absolute Gasteiger partial charge is 0.246 e. The Hall–Kier alpha value is -2.78. The minimum atomic E-state index is -3.51. The molecule has 1 aromatic heterocycles. The number of halogens is 1. The number of benzene rings is 2. The molecule has 4 rings (SSSR count). The summed E-state index contributed by atoms with van der Waals surface area (Å²) in [6.45, 7) is 2.76. The maximum Gasteiger partial charge on any atom is 0.246 e. The predicted octanol–water partition coefficient (Wildman–Crippen LogP) is 3.00. The molecule has 0 saturated heterocycles. The Morgan fingerprint density at radius 1 is 1.21 bits per heavy atom. The van der Waals surface area contributed by atoms with Crippen LogP contribution >= 0.6 is 0 Å². The number of nitrogens with zero attached hydrogens (tertiary/aromatic N) is 4. The fourth-order valence-corrected chi connectivity index (χ4v) is 4.21. The number of sulfonamides is 1. The van der Waals surface area contributed by atoms with Crippen LogP contribution in [0.15, 0.2) is 45.8 Å². The third-order valence-electron chi connectivity index (χ3n) is 5.05. The van der Waals surface area contributed by atoms with E-state index < -0.39 is 10.0 Å². The van der Waals surface area contributed by atoms with Crippen LogP contribution in [0.1, 0.15) is 17.0 Å². The summed E-state index contributed by atoms with van der Waals surface area (Å²) in [5, 5.41) is 3.95. The first kappa shape index (κ1) is 19.5. The Morgan fingerprint density at radius 3 is 2.72 bits per heavy atom. The van der Waals surface area contributed by atoms with Gasteiger partial charge in [-0.15, -0.1) is 0 Å². The lowest BCUT2D eigenvalue weighted by molar-refractivity contribution is 0.377. The topological polar surface area (TPSA) is 79.5 Å². The van der Waals surface area contributed by atoms with Gasteiger partial charge in [0.2, 0.25) is 21.7 Å². The molecule has 2 aromatic carbocycles. The van der Waals surface area contributed by atoms with Crippen molar-refractivity contribution >= 4 is 15.7 Å². The molecule has 1 aliphatic rings. The van der Waals surface area contributed by atoms with Gasteiger partial charge in [0.25, 0.3) is 0 Å². The lowest BCUT2D eigenvalue weighted by atomic mass is 10.1. The molecule has 7 nitrogen and oxygen atoms in total. The summed E-state index contributed by atoms with van der Waals surface area (Å²) in [6, 6.07) is 9.97. The van der Waals surface area contributed by atoms with E-state index in [4.69, 9.17) is 4.52 Å². The molecule has 2 heterocycles. The van der Waals surface area contributed by atoms with Crippen LogP contribution in [0.3, 0.4) is 0 Å². The van der Waals surface area contributed by atoms with Crippen LogP contribution in [-0.4, -0.2) is 43.5 Å². The molecule has 1 aliphatic heterocycles. The molecule has 9 heteroatoms. The lowest BCUT2D eigenvalue weighted by Crippen LogP contribution is -2.23. The van der Waals surface area contributed by atoms with Crippen LogP contribution in [0.5, 0.6) is 0 Å². The minimum absolute atomic E-state index is 0.245. The Bertz CT molecular complexity index is 1170. The second-order valence-corrected chi connectivity index (χ2v) is 9.38. The van der Waals surface area contributed by atoms with E-state index in [2.05, 4.69) is 10.1 Å². The maximum absolute atomic E-state index is 13.8. The number of aryl methyl sites for hydroxylation is 1. The zero-order valence-electron chi connectivity index (χ0n) is 16.4. The van der Waals surface area contributed by atoms with E-state index in [1.165, 1.54) is 24.5 Å². The molecule has 0 atom stereocenters. The van der Waals surface area contributed by atoms with Gasteiger partial charge in [-0.25, -0.2) is 17.1 Å². The highest BCUT2D eigenvalue weighted by Gasteiger charge is 2.25. The van der Waals surface area contributed by atoms with Crippen molar-refractivity contribution in [3.05, 3.63) is 59.2 Å². The van der Waals surface area contributed by atoms with Crippen LogP contribution < -0.4 is 4.90 Å². The van der Waals surface area contributed by atoms with Gasteiger partial charge in [-0.1, -0.05) is 23.4 Å². The van der Waals surface area contributed by atoms with Crippen LogP contribution in [0, 0.1) is 12.7 Å². The first-order chi connectivity index (χ1) is 13.8. The van der Waals surface area contributed by atoms with Gasteiger partial charge in [0.15, 0.2) is 0 Å². The monoisotopic (exact) mass is 416 g/mol. The van der Waals surface area contributed by atoms with Crippen molar-refractivity contribution < 1.29 is 17.3 Å². The molecule has 152 valence electrons. The van der Waals surface area contributed by atoms with E-state index in [1.807, 2.05) is 11.0 Å². The predicted molar refractivity (Wildman–Crippen MR) is 106 cm³/mol. The molecular weight excluding hydrogens is 395 g/mol. The van der Waals surface area contributed by atoms with Gasteiger partial charge in [0.05, 0.1) is 11.4 Å². The molecule has 0 fully saturated rings. The molecule has 3 aromatic rings. The van der Waals surface area contributed by atoms with Gasteiger partial charge in [-0.2, -0.15) is 4.98 Å². The largest absolute Gasteiger partial charge is 0.362 e. The van der Waals surface area contributed by atoms with Gasteiger partial charge in [-0.05, 0) is 42.7 Å². The molecule has 0 spiro atoms. The first-order valence-corrected chi connectivity index (χ1v) is 10.6. The zero-order chi connectivity index (χ0) is 20.8. The summed E-state index contributed by atoms with van der Waals surface area (Å²) in [5.41, 5.74) is 3.01. The molecule has 0 N–H and O–H groups in total. The van der Waals surface area contributed by atoms with Crippen LogP contribution in [0.2, 0.25) is 0 Å².